The number of benzene rings is 2. The third kappa shape index (κ3) is 8.49. The van der Waals surface area contributed by atoms with Crippen molar-refractivity contribution in [2.45, 2.75) is 40.2 Å². The van der Waals surface area contributed by atoms with Gasteiger partial charge in [-0.15, -0.1) is 11.3 Å². The highest BCUT2D eigenvalue weighted by Crippen LogP contribution is 2.27. The van der Waals surface area contributed by atoms with Crippen LogP contribution in [0.1, 0.15) is 50.4 Å². The molecule has 1 heterocycles. The second-order valence-electron chi connectivity index (χ2n) is 7.13. The van der Waals surface area contributed by atoms with Gasteiger partial charge in [-0.3, -0.25) is 0 Å². The number of rotatable bonds is 8. The van der Waals surface area contributed by atoms with Crippen LogP contribution in [0.25, 0.3) is 16.0 Å². The first-order chi connectivity index (χ1) is 15.9. The monoisotopic (exact) mass is 464 g/mol. The Balaban J connectivity index is 0.000000335. The zero-order valence-corrected chi connectivity index (χ0v) is 21.4. The lowest BCUT2D eigenvalue weighted by Crippen LogP contribution is -2.23. The fourth-order valence-electron chi connectivity index (χ4n) is 3.29. The molecule has 0 saturated heterocycles. The summed E-state index contributed by atoms with van der Waals surface area (Å²) in [4.78, 5) is 1.29. The Kier molecular flexibility index (Phi) is 12.8. The maximum atomic E-state index is 12.8. The molecule has 1 aromatic heterocycles. The van der Waals surface area contributed by atoms with Gasteiger partial charge in [0.15, 0.2) is 0 Å². The molecule has 0 aliphatic rings. The number of likely N-dealkylation sites (N-methyl/N-ethyl adjacent to an activating group) is 1. The van der Waals surface area contributed by atoms with E-state index >= 15 is 0 Å². The number of allylic oxidation sites excluding steroid dienone is 1. The van der Waals surface area contributed by atoms with E-state index in [2.05, 4.69) is 79.1 Å². The Hall–Kier alpha value is -2.95. The summed E-state index contributed by atoms with van der Waals surface area (Å²) in [5.74, 6) is -0.190. The Bertz CT molecular complexity index is 1000. The van der Waals surface area contributed by atoms with Crippen LogP contribution in [-0.4, -0.2) is 7.05 Å². The van der Waals surface area contributed by atoms with E-state index in [0.29, 0.717) is 0 Å². The molecule has 2 nitrogen and oxygen atoms in total. The summed E-state index contributed by atoms with van der Waals surface area (Å²) in [6.45, 7) is 19.4. The van der Waals surface area contributed by atoms with Crippen molar-refractivity contribution in [3.63, 3.8) is 0 Å². The molecule has 0 bridgehead atoms. The van der Waals surface area contributed by atoms with Crippen molar-refractivity contribution in [1.29, 1.82) is 0 Å². The summed E-state index contributed by atoms with van der Waals surface area (Å²) in [5, 5.41) is 8.39. The van der Waals surface area contributed by atoms with Gasteiger partial charge in [0, 0.05) is 10.6 Å². The smallest absolute Gasteiger partial charge is 0.123 e. The van der Waals surface area contributed by atoms with Crippen LogP contribution in [0.5, 0.6) is 0 Å². The van der Waals surface area contributed by atoms with Crippen LogP contribution in [0.15, 0.2) is 91.6 Å². The fourth-order valence-corrected chi connectivity index (χ4v) is 4.03. The summed E-state index contributed by atoms with van der Waals surface area (Å²) >= 11 is 1.75. The molecule has 0 aliphatic heterocycles. The van der Waals surface area contributed by atoms with Crippen LogP contribution in [0.4, 0.5) is 4.39 Å². The molecule has 1 atom stereocenters. The van der Waals surface area contributed by atoms with Crippen molar-refractivity contribution in [3.8, 4) is 10.4 Å². The lowest BCUT2D eigenvalue weighted by atomic mass is 10.0. The summed E-state index contributed by atoms with van der Waals surface area (Å²) in [6.07, 6.45) is 2.56. The van der Waals surface area contributed by atoms with Crippen LogP contribution in [0, 0.1) is 5.82 Å². The summed E-state index contributed by atoms with van der Waals surface area (Å²) < 4.78 is 12.8. The molecule has 0 saturated carbocycles. The van der Waals surface area contributed by atoms with E-state index in [-0.39, 0.29) is 11.9 Å². The Morgan fingerprint density at radius 3 is 2.24 bits per heavy atom. The molecule has 0 spiro atoms. The minimum Gasteiger partial charge on any atom is -0.364 e. The van der Waals surface area contributed by atoms with Crippen molar-refractivity contribution in [2.24, 2.45) is 0 Å². The van der Waals surface area contributed by atoms with E-state index in [1.165, 1.54) is 22.1 Å². The van der Waals surface area contributed by atoms with Gasteiger partial charge in [0.25, 0.3) is 0 Å². The highest BCUT2D eigenvalue weighted by atomic mass is 32.1. The van der Waals surface area contributed by atoms with Gasteiger partial charge in [0.2, 0.25) is 0 Å². The molecular weight excluding hydrogens is 427 g/mol. The minimum absolute atomic E-state index is 0.0791. The molecule has 2 aromatic carbocycles. The molecule has 3 rings (SSSR count). The first kappa shape index (κ1) is 28.1. The van der Waals surface area contributed by atoms with E-state index in [0.717, 1.165) is 28.8 Å². The van der Waals surface area contributed by atoms with Crippen molar-refractivity contribution in [2.75, 3.05) is 7.05 Å². The van der Waals surface area contributed by atoms with Crippen LogP contribution in [0.3, 0.4) is 0 Å². The number of hydrogen-bond donors (Lipinski definition) is 2. The lowest BCUT2D eigenvalue weighted by Gasteiger charge is -2.19. The number of aryl methyl sites for hydroxylation is 1. The minimum atomic E-state index is -0.190. The lowest BCUT2D eigenvalue weighted by molar-refractivity contribution is 0.626. The van der Waals surface area contributed by atoms with Gasteiger partial charge in [-0.05, 0) is 72.4 Å². The van der Waals surface area contributed by atoms with Gasteiger partial charge in [-0.25, -0.2) is 4.39 Å². The van der Waals surface area contributed by atoms with E-state index in [1.54, 1.807) is 23.6 Å². The van der Waals surface area contributed by atoms with Crippen LogP contribution >= 0.6 is 11.3 Å². The van der Waals surface area contributed by atoms with E-state index in [4.69, 9.17) is 0 Å². The molecule has 176 valence electrons. The molecule has 0 amide bonds. The van der Waals surface area contributed by atoms with Gasteiger partial charge in [0.05, 0.1) is 6.04 Å². The molecule has 2 N–H and O–H groups in total. The van der Waals surface area contributed by atoms with E-state index < -0.39 is 0 Å². The van der Waals surface area contributed by atoms with Gasteiger partial charge >= 0.3 is 0 Å². The number of hydrogen-bond acceptors (Lipinski definition) is 3. The van der Waals surface area contributed by atoms with Gasteiger partial charge in [0.1, 0.15) is 5.82 Å². The first-order valence-electron chi connectivity index (χ1n) is 11.2. The zero-order chi connectivity index (χ0) is 24.8. The predicted molar refractivity (Wildman–Crippen MR) is 146 cm³/mol. The topological polar surface area (TPSA) is 24.1 Å². The summed E-state index contributed by atoms with van der Waals surface area (Å²) in [6, 6.07) is 17.7. The van der Waals surface area contributed by atoms with Crippen LogP contribution < -0.4 is 10.6 Å². The highest BCUT2D eigenvalue weighted by molar-refractivity contribution is 7.13. The van der Waals surface area contributed by atoms with Crippen molar-refractivity contribution < 1.29 is 4.39 Å². The number of nitrogens with one attached hydrogen (secondary N) is 2. The van der Waals surface area contributed by atoms with Crippen LogP contribution in [0.2, 0.25) is 0 Å². The first-order valence-corrected chi connectivity index (χ1v) is 12.1. The molecule has 1 unspecified atom stereocenters. The van der Waals surface area contributed by atoms with Gasteiger partial charge in [-0.1, -0.05) is 82.5 Å². The SMILES string of the molecule is C=C(C)c1cc(F)ccc1CC.C=CNC(=C)C(NC)c1ccc(-c2cccs2)cc1.CC. The van der Waals surface area contributed by atoms with Gasteiger partial charge < -0.3 is 10.6 Å². The zero-order valence-electron chi connectivity index (χ0n) is 20.5. The standard InChI is InChI=1S/C16H18N2S.C11H13F.C2H6/c1-4-18-12(2)16(17-3)14-9-7-13(8-10-14)15-6-5-11-19-15;1-4-9-5-6-10(12)7-11(9)8(2)3;1-2/h4-11,16-18H,1-2H2,3H3;5-7H,2,4H2,1,3H3;1-2H3. The van der Waals surface area contributed by atoms with E-state index in [1.807, 2.05) is 33.9 Å². The summed E-state index contributed by atoms with van der Waals surface area (Å²) in [7, 11) is 1.92. The Morgan fingerprint density at radius 1 is 1.09 bits per heavy atom. The largest absolute Gasteiger partial charge is 0.364 e. The Morgan fingerprint density at radius 2 is 1.76 bits per heavy atom. The maximum Gasteiger partial charge on any atom is 0.123 e. The number of halogens is 1. The molecule has 33 heavy (non-hydrogen) atoms. The third-order valence-corrected chi connectivity index (χ3v) is 5.81. The molecule has 0 radical (unpaired) electrons. The fraction of sp³-hybridized carbons (Fsp3) is 0.241. The molecule has 0 fully saturated rings. The van der Waals surface area contributed by atoms with Crippen molar-refractivity contribution in [1.82, 2.24) is 10.6 Å². The second kappa shape index (κ2) is 15.0. The average Bonchev–Trinajstić information content (AvgIpc) is 3.37. The van der Waals surface area contributed by atoms with Crippen molar-refractivity contribution >= 4 is 16.9 Å². The second-order valence-corrected chi connectivity index (χ2v) is 8.08. The maximum absolute atomic E-state index is 12.8. The number of thiophene rings is 1. The van der Waals surface area contributed by atoms with Crippen LogP contribution in [-0.2, 0) is 6.42 Å². The average molecular weight is 465 g/mol. The summed E-state index contributed by atoms with van der Waals surface area (Å²) in [5.41, 5.74) is 6.34. The Labute approximate surface area is 203 Å². The van der Waals surface area contributed by atoms with Gasteiger partial charge in [-0.2, -0.15) is 0 Å². The normalized spacial score (nSPS) is 10.6. The van der Waals surface area contributed by atoms with E-state index in [9.17, 15) is 4.39 Å². The third-order valence-electron chi connectivity index (χ3n) is 4.89. The quantitative estimate of drug-likeness (QED) is 0.350. The highest BCUT2D eigenvalue weighted by Gasteiger charge is 2.12. The molecule has 3 aromatic rings. The predicted octanol–water partition coefficient (Wildman–Crippen LogP) is 8.37. The van der Waals surface area contributed by atoms with Crippen molar-refractivity contribution in [3.05, 3.63) is 114 Å². The molecular formula is C29H37FN2S. The molecule has 0 aliphatic carbocycles. The molecule has 4 heteroatoms.